The molecular weight excluding hydrogens is 419 g/mol. The molecule has 2 heterocycles. The summed E-state index contributed by atoms with van der Waals surface area (Å²) >= 11 is 0. The first kappa shape index (κ1) is 23.4. The Morgan fingerprint density at radius 3 is 2.64 bits per heavy atom. The van der Waals surface area contributed by atoms with Crippen LogP contribution in [0.2, 0.25) is 0 Å². The highest BCUT2D eigenvalue weighted by Crippen LogP contribution is 2.38. The molecule has 1 aromatic carbocycles. The average Bonchev–Trinajstić information content (AvgIpc) is 2.84. The van der Waals surface area contributed by atoms with E-state index < -0.39 is 5.41 Å². The Kier molecular flexibility index (Phi) is 7.08. The molecule has 0 radical (unpaired) electrons. The van der Waals surface area contributed by atoms with Gasteiger partial charge in [-0.2, -0.15) is 0 Å². The van der Waals surface area contributed by atoms with Gasteiger partial charge in [0.1, 0.15) is 5.82 Å². The Morgan fingerprint density at radius 2 is 1.97 bits per heavy atom. The Hall–Kier alpha value is -2.80. The molecule has 1 saturated heterocycles. The number of piperazine rings is 1. The molecule has 1 aliphatic carbocycles. The van der Waals surface area contributed by atoms with Crippen molar-refractivity contribution < 1.29 is 14.0 Å². The van der Waals surface area contributed by atoms with Crippen LogP contribution in [0.25, 0.3) is 11.3 Å². The van der Waals surface area contributed by atoms with Gasteiger partial charge in [-0.05, 0) is 50.1 Å². The van der Waals surface area contributed by atoms with Crippen LogP contribution < -0.4 is 5.32 Å². The quantitative estimate of drug-likeness (QED) is 0.751. The molecule has 2 aliphatic rings. The highest BCUT2D eigenvalue weighted by Gasteiger charge is 2.41. The van der Waals surface area contributed by atoms with Crippen LogP contribution in [-0.4, -0.2) is 65.4 Å². The van der Waals surface area contributed by atoms with Gasteiger partial charge in [-0.25, -0.2) is 4.39 Å². The van der Waals surface area contributed by atoms with Crippen molar-refractivity contribution >= 4 is 11.8 Å². The number of halogens is 1. The van der Waals surface area contributed by atoms with Crippen LogP contribution in [0, 0.1) is 11.2 Å². The summed E-state index contributed by atoms with van der Waals surface area (Å²) in [7, 11) is 0. The van der Waals surface area contributed by atoms with Crippen LogP contribution >= 0.6 is 0 Å². The summed E-state index contributed by atoms with van der Waals surface area (Å²) in [6.45, 7) is 8.64. The minimum absolute atomic E-state index is 0.0416. The Morgan fingerprint density at radius 1 is 1.18 bits per heavy atom. The van der Waals surface area contributed by atoms with Crippen molar-refractivity contribution in [2.75, 3.05) is 32.7 Å². The van der Waals surface area contributed by atoms with E-state index in [9.17, 15) is 14.0 Å². The summed E-state index contributed by atoms with van der Waals surface area (Å²) < 4.78 is 13.5. The highest BCUT2D eigenvalue weighted by atomic mass is 19.1. The molecule has 1 N–H and O–H groups in total. The van der Waals surface area contributed by atoms with Crippen LogP contribution in [0.3, 0.4) is 0 Å². The third-order valence-electron chi connectivity index (χ3n) is 7.08. The molecule has 2 atom stereocenters. The molecule has 2 unspecified atom stereocenters. The highest BCUT2D eigenvalue weighted by molar-refractivity contribution is 5.94. The molecule has 2 amide bonds. The van der Waals surface area contributed by atoms with Gasteiger partial charge in [-0.3, -0.25) is 14.6 Å². The predicted octanol–water partition coefficient (Wildman–Crippen LogP) is 3.73. The SMILES string of the molecule is CCN1CCN(C(=O)C2(C)CCCC(NC(=O)c3ccc(-c4cccc(F)c4)nc3)C2)CC1. The molecule has 0 bridgehead atoms. The van der Waals surface area contributed by atoms with E-state index in [-0.39, 0.29) is 23.7 Å². The summed E-state index contributed by atoms with van der Waals surface area (Å²) in [6, 6.07) is 9.63. The number of carbonyl (C=O) groups is 2. The second kappa shape index (κ2) is 10.00. The van der Waals surface area contributed by atoms with Crippen molar-refractivity contribution in [2.45, 2.75) is 45.6 Å². The van der Waals surface area contributed by atoms with Gasteiger partial charge >= 0.3 is 0 Å². The number of nitrogens with one attached hydrogen (secondary N) is 1. The van der Waals surface area contributed by atoms with Gasteiger partial charge in [-0.1, -0.05) is 32.4 Å². The molecule has 33 heavy (non-hydrogen) atoms. The molecule has 2 aromatic rings. The number of rotatable bonds is 5. The van der Waals surface area contributed by atoms with E-state index in [1.54, 1.807) is 24.3 Å². The maximum atomic E-state index is 13.5. The summed E-state index contributed by atoms with van der Waals surface area (Å²) in [5, 5.41) is 3.11. The molecule has 0 spiro atoms. The van der Waals surface area contributed by atoms with Crippen LogP contribution in [0.4, 0.5) is 4.39 Å². The van der Waals surface area contributed by atoms with Gasteiger partial charge in [-0.15, -0.1) is 0 Å². The van der Waals surface area contributed by atoms with Crippen LogP contribution in [0.15, 0.2) is 42.6 Å². The summed E-state index contributed by atoms with van der Waals surface area (Å²) in [4.78, 5) is 34.9. The van der Waals surface area contributed by atoms with Gasteiger partial charge in [0.2, 0.25) is 5.91 Å². The standard InChI is InChI=1S/C26H33FN4O2/c1-3-30-12-14-31(15-13-30)25(33)26(2)11-5-8-22(17-26)29-24(32)20-9-10-23(28-18-20)19-6-4-7-21(27)16-19/h4,6-7,9-10,16,18,22H,3,5,8,11-15,17H2,1-2H3,(H,29,32). The molecule has 1 aliphatic heterocycles. The van der Waals surface area contributed by atoms with E-state index in [1.807, 2.05) is 4.90 Å². The van der Waals surface area contributed by atoms with Crippen LogP contribution in [0.5, 0.6) is 0 Å². The number of pyridine rings is 1. The van der Waals surface area contributed by atoms with Gasteiger partial charge in [0.25, 0.3) is 5.91 Å². The van der Waals surface area contributed by atoms with E-state index in [0.717, 1.165) is 52.0 Å². The van der Waals surface area contributed by atoms with Gasteiger partial charge < -0.3 is 15.1 Å². The van der Waals surface area contributed by atoms with Crippen LogP contribution in [-0.2, 0) is 4.79 Å². The number of nitrogens with zero attached hydrogens (tertiary/aromatic N) is 3. The van der Waals surface area contributed by atoms with Crippen molar-refractivity contribution in [3.8, 4) is 11.3 Å². The third-order valence-corrected chi connectivity index (χ3v) is 7.08. The van der Waals surface area contributed by atoms with Crippen molar-refractivity contribution in [3.05, 3.63) is 54.0 Å². The van der Waals surface area contributed by atoms with Gasteiger partial charge in [0.15, 0.2) is 0 Å². The van der Waals surface area contributed by atoms with Crippen molar-refractivity contribution in [2.24, 2.45) is 5.41 Å². The summed E-state index contributed by atoms with van der Waals surface area (Å²) in [5.74, 6) is -0.289. The maximum absolute atomic E-state index is 13.5. The lowest BCUT2D eigenvalue weighted by Gasteiger charge is -2.43. The second-order valence-electron chi connectivity index (χ2n) is 9.50. The van der Waals surface area contributed by atoms with Gasteiger partial charge in [0, 0.05) is 49.4 Å². The lowest BCUT2D eigenvalue weighted by atomic mass is 9.72. The zero-order valence-electron chi connectivity index (χ0n) is 19.5. The first-order valence-electron chi connectivity index (χ1n) is 11.9. The fourth-order valence-corrected chi connectivity index (χ4v) is 5.07. The molecule has 176 valence electrons. The topological polar surface area (TPSA) is 65.5 Å². The Labute approximate surface area is 195 Å². The molecule has 7 heteroatoms. The number of hydrogen-bond acceptors (Lipinski definition) is 4. The van der Waals surface area contributed by atoms with E-state index in [2.05, 4.69) is 29.0 Å². The largest absolute Gasteiger partial charge is 0.349 e. The van der Waals surface area contributed by atoms with E-state index in [1.165, 1.54) is 18.3 Å². The van der Waals surface area contributed by atoms with Crippen molar-refractivity contribution in [3.63, 3.8) is 0 Å². The smallest absolute Gasteiger partial charge is 0.253 e. The van der Waals surface area contributed by atoms with Gasteiger partial charge in [0.05, 0.1) is 11.3 Å². The predicted molar refractivity (Wildman–Crippen MR) is 126 cm³/mol. The zero-order valence-corrected chi connectivity index (χ0v) is 19.5. The number of benzene rings is 1. The van der Waals surface area contributed by atoms with Crippen molar-refractivity contribution in [1.82, 2.24) is 20.1 Å². The number of aromatic nitrogens is 1. The molecular formula is C26H33FN4O2. The van der Waals surface area contributed by atoms with E-state index >= 15 is 0 Å². The summed E-state index contributed by atoms with van der Waals surface area (Å²) in [5.41, 5.74) is 1.31. The average molecular weight is 453 g/mol. The molecule has 1 saturated carbocycles. The Bertz CT molecular complexity index is 988. The minimum Gasteiger partial charge on any atom is -0.349 e. The number of hydrogen-bond donors (Lipinski definition) is 1. The molecule has 2 fully saturated rings. The Balaban J connectivity index is 1.36. The fourth-order valence-electron chi connectivity index (χ4n) is 5.07. The lowest BCUT2D eigenvalue weighted by Crippen LogP contribution is -2.54. The number of likely N-dealkylation sites (N-methyl/N-ethyl adjacent to an activating group) is 1. The van der Waals surface area contributed by atoms with Crippen molar-refractivity contribution in [1.29, 1.82) is 0 Å². The number of amides is 2. The minimum atomic E-state index is -0.440. The van der Waals surface area contributed by atoms with E-state index in [4.69, 9.17) is 0 Å². The fraction of sp³-hybridized carbons (Fsp3) is 0.500. The first-order valence-corrected chi connectivity index (χ1v) is 11.9. The molecule has 6 nitrogen and oxygen atoms in total. The number of carbonyl (C=O) groups excluding carboxylic acids is 2. The maximum Gasteiger partial charge on any atom is 0.253 e. The molecule has 4 rings (SSSR count). The second-order valence-corrected chi connectivity index (χ2v) is 9.50. The normalized spacial score (nSPS) is 23.8. The zero-order chi connectivity index (χ0) is 23.4. The van der Waals surface area contributed by atoms with Crippen LogP contribution in [0.1, 0.15) is 49.9 Å². The lowest BCUT2D eigenvalue weighted by molar-refractivity contribution is -0.145. The van der Waals surface area contributed by atoms with E-state index in [0.29, 0.717) is 23.2 Å². The third kappa shape index (κ3) is 5.41. The molecule has 1 aromatic heterocycles. The summed E-state index contributed by atoms with van der Waals surface area (Å²) in [6.07, 6.45) is 4.82. The monoisotopic (exact) mass is 452 g/mol. The first-order chi connectivity index (χ1) is 15.9.